The van der Waals surface area contributed by atoms with Crippen molar-refractivity contribution < 1.29 is 4.74 Å². The predicted molar refractivity (Wildman–Crippen MR) is 84.3 cm³/mol. The van der Waals surface area contributed by atoms with Crippen LogP contribution >= 0.6 is 11.3 Å². The summed E-state index contributed by atoms with van der Waals surface area (Å²) in [6.07, 6.45) is 11.2. The van der Waals surface area contributed by atoms with Crippen molar-refractivity contribution in [1.29, 1.82) is 0 Å². The van der Waals surface area contributed by atoms with Crippen LogP contribution in [-0.4, -0.2) is 12.3 Å². The van der Waals surface area contributed by atoms with Gasteiger partial charge in [-0.15, -0.1) is 11.3 Å². The molecule has 1 spiro atoms. The lowest BCUT2D eigenvalue weighted by Gasteiger charge is -2.48. The highest BCUT2D eigenvalue weighted by Crippen LogP contribution is 2.65. The molecule has 4 atom stereocenters. The minimum atomic E-state index is 0.142. The summed E-state index contributed by atoms with van der Waals surface area (Å²) >= 11 is 1.85. The molecule has 1 saturated carbocycles. The Balaban J connectivity index is 1.79. The molecule has 0 radical (unpaired) electrons. The van der Waals surface area contributed by atoms with Crippen LogP contribution < -0.4 is 9.75 Å². The number of aliphatic imine (C=N–C) groups is 1. The first-order valence-electron chi connectivity index (χ1n) is 8.11. The topological polar surface area (TPSA) is 21.6 Å². The van der Waals surface area contributed by atoms with Gasteiger partial charge in [0.2, 0.25) is 0 Å². The van der Waals surface area contributed by atoms with E-state index in [-0.39, 0.29) is 5.41 Å². The van der Waals surface area contributed by atoms with Crippen molar-refractivity contribution in [1.82, 2.24) is 0 Å². The van der Waals surface area contributed by atoms with Crippen LogP contribution in [-0.2, 0) is 4.74 Å². The standard InChI is InChI=1S/C18H17NOS/c1-2-10-9-13-12-8-11-4-7-21-16(11)17-18(12,5-6-19-13)15(10)14(3-1)20-17/h4,6-8,10,14-15H,1-3,5,9H2. The molecule has 0 amide bonds. The quantitative estimate of drug-likeness (QED) is 0.721. The van der Waals surface area contributed by atoms with Crippen LogP contribution in [0.25, 0.3) is 11.8 Å². The number of allylic oxidation sites excluding steroid dienone is 1. The van der Waals surface area contributed by atoms with Crippen molar-refractivity contribution in [3.63, 3.8) is 0 Å². The molecular formula is C18H17NOS. The monoisotopic (exact) mass is 295 g/mol. The van der Waals surface area contributed by atoms with E-state index in [1.54, 1.807) is 0 Å². The lowest BCUT2D eigenvalue weighted by Crippen LogP contribution is -2.48. The minimum Gasteiger partial charge on any atom is -0.492 e. The normalized spacial score (nSPS) is 41.3. The largest absolute Gasteiger partial charge is 0.492 e. The van der Waals surface area contributed by atoms with Crippen molar-refractivity contribution in [3.05, 3.63) is 32.5 Å². The Morgan fingerprint density at radius 1 is 1.33 bits per heavy atom. The van der Waals surface area contributed by atoms with Gasteiger partial charge in [0.25, 0.3) is 0 Å². The Morgan fingerprint density at radius 2 is 2.33 bits per heavy atom. The molecule has 106 valence electrons. The van der Waals surface area contributed by atoms with Crippen molar-refractivity contribution in [2.45, 2.75) is 38.2 Å². The first-order chi connectivity index (χ1) is 10.4. The van der Waals surface area contributed by atoms with E-state index in [1.165, 1.54) is 52.5 Å². The summed E-state index contributed by atoms with van der Waals surface area (Å²) in [5.41, 5.74) is 2.99. The SMILES string of the molecule is C1=NC2=C3C=c4ccsc4=C4OC5CCCC(C2)C5C34C1. The van der Waals surface area contributed by atoms with E-state index < -0.39 is 0 Å². The van der Waals surface area contributed by atoms with Crippen LogP contribution in [0.5, 0.6) is 0 Å². The highest BCUT2D eigenvalue weighted by Gasteiger charge is 2.63. The second kappa shape index (κ2) is 3.52. The Labute approximate surface area is 127 Å². The fourth-order valence-corrected chi connectivity index (χ4v) is 6.60. The molecule has 4 unspecified atom stereocenters. The van der Waals surface area contributed by atoms with Gasteiger partial charge < -0.3 is 4.74 Å². The molecular weight excluding hydrogens is 278 g/mol. The summed E-state index contributed by atoms with van der Waals surface area (Å²) in [5, 5.41) is 3.56. The van der Waals surface area contributed by atoms with Gasteiger partial charge in [-0.1, -0.05) is 0 Å². The zero-order chi connectivity index (χ0) is 13.6. The maximum Gasteiger partial charge on any atom is 0.126 e. The van der Waals surface area contributed by atoms with Gasteiger partial charge in [0.05, 0.1) is 9.95 Å². The van der Waals surface area contributed by atoms with Crippen LogP contribution in [0.4, 0.5) is 0 Å². The van der Waals surface area contributed by atoms with E-state index in [0.29, 0.717) is 12.0 Å². The third-order valence-corrected chi connectivity index (χ3v) is 7.25. The molecule has 2 bridgehead atoms. The second-order valence-corrected chi connectivity index (χ2v) is 8.02. The molecule has 6 rings (SSSR count). The number of hydrogen-bond donors (Lipinski definition) is 0. The Kier molecular flexibility index (Phi) is 1.88. The zero-order valence-corrected chi connectivity index (χ0v) is 12.7. The third kappa shape index (κ3) is 1.13. The van der Waals surface area contributed by atoms with Gasteiger partial charge in [-0.25, -0.2) is 0 Å². The maximum atomic E-state index is 6.62. The van der Waals surface area contributed by atoms with Crippen LogP contribution in [0, 0.1) is 17.3 Å². The molecule has 3 heterocycles. The van der Waals surface area contributed by atoms with E-state index in [9.17, 15) is 0 Å². The highest BCUT2D eigenvalue weighted by molar-refractivity contribution is 7.07. The van der Waals surface area contributed by atoms with Crippen molar-refractivity contribution in [3.8, 4) is 0 Å². The average Bonchev–Trinajstić information content (AvgIpc) is 3.06. The second-order valence-electron chi connectivity index (χ2n) is 7.10. The van der Waals surface area contributed by atoms with E-state index in [4.69, 9.17) is 9.73 Å². The van der Waals surface area contributed by atoms with Gasteiger partial charge in [0.15, 0.2) is 0 Å². The van der Waals surface area contributed by atoms with Gasteiger partial charge >= 0.3 is 0 Å². The molecule has 1 aromatic heterocycles. The molecule has 1 aromatic rings. The first kappa shape index (κ1) is 11.2. The first-order valence-corrected chi connectivity index (χ1v) is 8.99. The molecule has 2 fully saturated rings. The predicted octanol–water partition coefficient (Wildman–Crippen LogP) is 2.58. The Bertz CT molecular complexity index is 845. The Morgan fingerprint density at radius 3 is 3.33 bits per heavy atom. The fraction of sp³-hybridized carbons (Fsp3) is 0.500. The van der Waals surface area contributed by atoms with Gasteiger partial charge in [-0.05, 0) is 59.9 Å². The lowest BCUT2D eigenvalue weighted by atomic mass is 9.53. The van der Waals surface area contributed by atoms with Crippen LogP contribution in [0.1, 0.15) is 32.1 Å². The number of thiophene rings is 1. The number of ether oxygens (including phenoxy) is 1. The van der Waals surface area contributed by atoms with E-state index >= 15 is 0 Å². The van der Waals surface area contributed by atoms with E-state index in [1.807, 2.05) is 11.3 Å². The summed E-state index contributed by atoms with van der Waals surface area (Å²) in [5.74, 6) is 2.78. The number of hydrogen-bond acceptors (Lipinski definition) is 3. The van der Waals surface area contributed by atoms with Gasteiger partial charge in [-0.2, -0.15) is 0 Å². The smallest absolute Gasteiger partial charge is 0.126 e. The molecule has 3 heteroatoms. The molecule has 0 N–H and O–H groups in total. The molecule has 0 aromatic carbocycles. The average molecular weight is 295 g/mol. The van der Waals surface area contributed by atoms with Crippen LogP contribution in [0.3, 0.4) is 0 Å². The molecule has 5 aliphatic rings. The summed E-state index contributed by atoms with van der Waals surface area (Å²) in [6, 6.07) is 2.24. The van der Waals surface area contributed by atoms with Gasteiger partial charge in [0, 0.05) is 24.3 Å². The third-order valence-electron chi connectivity index (χ3n) is 6.32. The van der Waals surface area contributed by atoms with Gasteiger partial charge in [0.1, 0.15) is 11.9 Å². The summed E-state index contributed by atoms with van der Waals surface area (Å²) < 4.78 is 8.01. The summed E-state index contributed by atoms with van der Waals surface area (Å²) in [4.78, 5) is 4.79. The number of fused-ring (bicyclic) bond motifs is 1. The molecule has 1 saturated heterocycles. The van der Waals surface area contributed by atoms with Gasteiger partial charge in [-0.3, -0.25) is 4.99 Å². The Hall–Kier alpha value is -1.35. The van der Waals surface area contributed by atoms with E-state index in [2.05, 4.69) is 23.7 Å². The molecule has 2 aliphatic heterocycles. The minimum absolute atomic E-state index is 0.142. The molecule has 2 nitrogen and oxygen atoms in total. The molecule has 21 heavy (non-hydrogen) atoms. The zero-order valence-electron chi connectivity index (χ0n) is 11.8. The van der Waals surface area contributed by atoms with Crippen molar-refractivity contribution in [2.24, 2.45) is 22.2 Å². The van der Waals surface area contributed by atoms with Crippen molar-refractivity contribution in [2.75, 3.05) is 0 Å². The molecule has 3 aliphatic carbocycles. The fourth-order valence-electron chi connectivity index (χ4n) is 5.65. The number of rotatable bonds is 0. The van der Waals surface area contributed by atoms with E-state index in [0.717, 1.165) is 12.3 Å². The lowest BCUT2D eigenvalue weighted by molar-refractivity contribution is 0.0540. The summed E-state index contributed by atoms with van der Waals surface area (Å²) in [7, 11) is 0. The maximum absolute atomic E-state index is 6.62. The number of nitrogens with zero attached hydrogens (tertiary/aromatic N) is 1. The highest BCUT2D eigenvalue weighted by atomic mass is 32.1. The van der Waals surface area contributed by atoms with Crippen molar-refractivity contribution >= 4 is 29.4 Å². The van der Waals surface area contributed by atoms with Crippen LogP contribution in [0.15, 0.2) is 27.7 Å². The summed E-state index contributed by atoms with van der Waals surface area (Å²) in [6.45, 7) is 0. The van der Waals surface area contributed by atoms with Crippen LogP contribution in [0.2, 0.25) is 0 Å².